The van der Waals surface area contributed by atoms with Crippen LogP contribution in [0.2, 0.25) is 0 Å². The molecule has 0 aliphatic carbocycles. The fourth-order valence-corrected chi connectivity index (χ4v) is 2.30. The molecular formula is C13H20N2. The molecule has 15 heavy (non-hydrogen) atoms. The van der Waals surface area contributed by atoms with Crippen molar-refractivity contribution in [1.29, 1.82) is 0 Å². The van der Waals surface area contributed by atoms with Gasteiger partial charge in [0.05, 0.1) is 0 Å². The lowest BCUT2D eigenvalue weighted by molar-refractivity contribution is 0.326. The molecule has 0 radical (unpaired) electrons. The van der Waals surface area contributed by atoms with Gasteiger partial charge in [0.15, 0.2) is 0 Å². The lowest BCUT2D eigenvalue weighted by Crippen LogP contribution is -2.26. The van der Waals surface area contributed by atoms with E-state index in [2.05, 4.69) is 36.1 Å². The number of hydrogen-bond acceptors (Lipinski definition) is 2. The zero-order valence-corrected chi connectivity index (χ0v) is 9.45. The zero-order chi connectivity index (χ0) is 10.7. The van der Waals surface area contributed by atoms with Gasteiger partial charge in [0.2, 0.25) is 0 Å². The maximum absolute atomic E-state index is 5.91. The maximum atomic E-state index is 5.91. The second-order valence-electron chi connectivity index (χ2n) is 4.41. The number of likely N-dealkylation sites (tertiary alicyclic amines) is 1. The van der Waals surface area contributed by atoms with Crippen LogP contribution in [0.3, 0.4) is 0 Å². The summed E-state index contributed by atoms with van der Waals surface area (Å²) < 4.78 is 0. The van der Waals surface area contributed by atoms with Crippen molar-refractivity contribution in [3.63, 3.8) is 0 Å². The second kappa shape index (κ2) is 4.77. The summed E-state index contributed by atoms with van der Waals surface area (Å²) >= 11 is 0. The minimum absolute atomic E-state index is 0.388. The van der Waals surface area contributed by atoms with Crippen molar-refractivity contribution in [2.24, 2.45) is 5.73 Å². The zero-order valence-electron chi connectivity index (χ0n) is 9.45. The van der Waals surface area contributed by atoms with Crippen molar-refractivity contribution in [3.05, 3.63) is 35.4 Å². The van der Waals surface area contributed by atoms with Crippen LogP contribution in [0.4, 0.5) is 0 Å². The van der Waals surface area contributed by atoms with E-state index in [1.165, 1.54) is 11.1 Å². The van der Waals surface area contributed by atoms with Gasteiger partial charge in [-0.05, 0) is 24.0 Å². The molecule has 0 amide bonds. The van der Waals surface area contributed by atoms with Crippen LogP contribution in [-0.4, -0.2) is 24.0 Å². The van der Waals surface area contributed by atoms with Crippen LogP contribution < -0.4 is 5.73 Å². The minimum atomic E-state index is 0.388. The van der Waals surface area contributed by atoms with Gasteiger partial charge in [-0.15, -0.1) is 0 Å². The Bertz CT molecular complexity index is 322. The summed E-state index contributed by atoms with van der Waals surface area (Å²) in [5.41, 5.74) is 8.84. The lowest BCUT2D eigenvalue weighted by Gasteiger charge is -2.17. The topological polar surface area (TPSA) is 29.3 Å². The fraction of sp³-hybridized carbons (Fsp3) is 0.538. The summed E-state index contributed by atoms with van der Waals surface area (Å²) in [6, 6.07) is 9.11. The Kier molecular flexibility index (Phi) is 3.39. The highest BCUT2D eigenvalue weighted by Gasteiger charge is 2.19. The summed E-state index contributed by atoms with van der Waals surface area (Å²) in [6.45, 7) is 5.49. The number of benzene rings is 1. The van der Waals surface area contributed by atoms with Gasteiger partial charge in [-0.25, -0.2) is 0 Å². The van der Waals surface area contributed by atoms with Gasteiger partial charge in [-0.2, -0.15) is 0 Å². The van der Waals surface area contributed by atoms with Crippen molar-refractivity contribution in [1.82, 2.24) is 4.90 Å². The highest BCUT2D eigenvalue weighted by Crippen LogP contribution is 2.15. The number of nitrogens with two attached hydrogens (primary N) is 1. The molecule has 1 heterocycles. The lowest BCUT2D eigenvalue weighted by atomic mass is 10.1. The van der Waals surface area contributed by atoms with Gasteiger partial charge in [0, 0.05) is 25.7 Å². The van der Waals surface area contributed by atoms with Gasteiger partial charge >= 0.3 is 0 Å². The summed E-state index contributed by atoms with van der Waals surface area (Å²) in [7, 11) is 0. The van der Waals surface area contributed by atoms with E-state index in [4.69, 9.17) is 5.73 Å². The van der Waals surface area contributed by atoms with Crippen LogP contribution in [-0.2, 0) is 13.0 Å². The van der Waals surface area contributed by atoms with E-state index in [-0.39, 0.29) is 0 Å². The quantitative estimate of drug-likeness (QED) is 0.813. The van der Waals surface area contributed by atoms with Gasteiger partial charge in [0.1, 0.15) is 0 Å². The van der Waals surface area contributed by atoms with Crippen molar-refractivity contribution in [2.45, 2.75) is 32.4 Å². The molecule has 0 bridgehead atoms. The van der Waals surface area contributed by atoms with E-state index < -0.39 is 0 Å². The van der Waals surface area contributed by atoms with Gasteiger partial charge in [-0.3, -0.25) is 4.90 Å². The SMILES string of the molecule is CCc1ccccc1CN1CC[C@@H](N)C1. The molecule has 1 aliphatic rings. The third-order valence-electron chi connectivity index (χ3n) is 3.20. The molecule has 82 valence electrons. The van der Waals surface area contributed by atoms with Gasteiger partial charge in [0.25, 0.3) is 0 Å². The van der Waals surface area contributed by atoms with E-state index in [1.807, 2.05) is 0 Å². The normalized spacial score (nSPS) is 22.1. The van der Waals surface area contributed by atoms with Crippen molar-refractivity contribution in [2.75, 3.05) is 13.1 Å². The van der Waals surface area contributed by atoms with E-state index >= 15 is 0 Å². The molecule has 2 N–H and O–H groups in total. The largest absolute Gasteiger partial charge is 0.326 e. The third-order valence-corrected chi connectivity index (χ3v) is 3.20. The van der Waals surface area contributed by atoms with E-state index in [0.717, 1.165) is 32.5 Å². The monoisotopic (exact) mass is 204 g/mol. The smallest absolute Gasteiger partial charge is 0.0237 e. The third kappa shape index (κ3) is 2.58. The Balaban J connectivity index is 2.04. The van der Waals surface area contributed by atoms with Gasteiger partial charge < -0.3 is 5.73 Å². The van der Waals surface area contributed by atoms with Crippen LogP contribution in [0.15, 0.2) is 24.3 Å². The predicted octanol–water partition coefficient (Wildman–Crippen LogP) is 1.78. The van der Waals surface area contributed by atoms with E-state index in [0.29, 0.717) is 6.04 Å². The molecule has 0 spiro atoms. The fourth-order valence-electron chi connectivity index (χ4n) is 2.30. The first-order valence-corrected chi connectivity index (χ1v) is 5.84. The summed E-state index contributed by atoms with van der Waals surface area (Å²) in [4.78, 5) is 2.46. The molecule has 0 saturated carbocycles. The molecular weight excluding hydrogens is 184 g/mol. The van der Waals surface area contributed by atoms with Crippen molar-refractivity contribution < 1.29 is 0 Å². The number of rotatable bonds is 3. The molecule has 1 aromatic rings. The molecule has 2 nitrogen and oxygen atoms in total. The van der Waals surface area contributed by atoms with E-state index in [1.54, 1.807) is 0 Å². The number of hydrogen-bond donors (Lipinski definition) is 1. The first-order chi connectivity index (χ1) is 7.29. The molecule has 0 unspecified atom stereocenters. The first-order valence-electron chi connectivity index (χ1n) is 5.84. The first kappa shape index (κ1) is 10.7. The van der Waals surface area contributed by atoms with Crippen molar-refractivity contribution >= 4 is 0 Å². The maximum Gasteiger partial charge on any atom is 0.0237 e. The van der Waals surface area contributed by atoms with Crippen LogP contribution in [0.1, 0.15) is 24.5 Å². The highest BCUT2D eigenvalue weighted by atomic mass is 15.2. The van der Waals surface area contributed by atoms with Crippen LogP contribution in [0, 0.1) is 0 Å². The van der Waals surface area contributed by atoms with Crippen molar-refractivity contribution in [3.8, 4) is 0 Å². The summed E-state index contributed by atoms with van der Waals surface area (Å²) in [6.07, 6.45) is 2.27. The molecule has 1 aromatic carbocycles. The molecule has 1 saturated heterocycles. The average Bonchev–Trinajstić information content (AvgIpc) is 2.65. The van der Waals surface area contributed by atoms with Crippen LogP contribution in [0.5, 0.6) is 0 Å². The molecule has 0 aromatic heterocycles. The Labute approximate surface area is 92.1 Å². The Morgan fingerprint density at radius 1 is 1.33 bits per heavy atom. The Morgan fingerprint density at radius 2 is 2.07 bits per heavy atom. The highest BCUT2D eigenvalue weighted by molar-refractivity contribution is 5.27. The molecule has 1 atom stereocenters. The van der Waals surface area contributed by atoms with E-state index in [9.17, 15) is 0 Å². The number of nitrogens with zero attached hydrogens (tertiary/aromatic N) is 1. The Morgan fingerprint density at radius 3 is 2.67 bits per heavy atom. The number of aryl methyl sites for hydroxylation is 1. The standard InChI is InChI=1S/C13H20N2/c1-2-11-5-3-4-6-12(11)9-15-8-7-13(14)10-15/h3-6,13H,2,7-10,14H2,1H3/t13-/m1/s1. The second-order valence-corrected chi connectivity index (χ2v) is 4.41. The molecule has 1 aliphatic heterocycles. The minimum Gasteiger partial charge on any atom is -0.326 e. The summed E-state index contributed by atoms with van der Waals surface area (Å²) in [5, 5.41) is 0. The Hall–Kier alpha value is -0.860. The molecule has 2 heteroatoms. The van der Waals surface area contributed by atoms with Gasteiger partial charge in [-0.1, -0.05) is 31.2 Å². The summed E-state index contributed by atoms with van der Waals surface area (Å²) in [5.74, 6) is 0. The van der Waals surface area contributed by atoms with Crippen LogP contribution >= 0.6 is 0 Å². The average molecular weight is 204 g/mol. The molecule has 2 rings (SSSR count). The van der Waals surface area contributed by atoms with Crippen LogP contribution in [0.25, 0.3) is 0 Å². The predicted molar refractivity (Wildman–Crippen MR) is 63.7 cm³/mol. The molecule has 1 fully saturated rings.